The molecule has 0 bridgehead atoms. The van der Waals surface area contributed by atoms with Gasteiger partial charge in [0, 0.05) is 23.2 Å². The van der Waals surface area contributed by atoms with E-state index in [2.05, 4.69) is 26.6 Å². The highest BCUT2D eigenvalue weighted by atomic mass is 79.9. The van der Waals surface area contributed by atoms with Crippen molar-refractivity contribution in [1.82, 2.24) is 10.2 Å². The largest absolute Gasteiger partial charge is 0.338 e. The van der Waals surface area contributed by atoms with Gasteiger partial charge in [-0.25, -0.2) is 4.79 Å². The minimum Gasteiger partial charge on any atom is -0.338 e. The van der Waals surface area contributed by atoms with Crippen molar-refractivity contribution in [2.45, 2.75) is 6.42 Å². The second kappa shape index (κ2) is 8.01. The van der Waals surface area contributed by atoms with E-state index in [4.69, 9.17) is 5.26 Å². The van der Waals surface area contributed by atoms with Gasteiger partial charge in [-0.3, -0.25) is 14.5 Å². The maximum atomic E-state index is 12.3. The molecule has 0 aliphatic carbocycles. The van der Waals surface area contributed by atoms with Crippen LogP contribution in [0, 0.1) is 11.3 Å². The fourth-order valence-corrected chi connectivity index (χ4v) is 3.07. The average molecular weight is 427 g/mol. The Balaban J connectivity index is 1.46. The summed E-state index contributed by atoms with van der Waals surface area (Å²) in [5.41, 5.74) is 1.86. The molecular weight excluding hydrogens is 412 g/mol. The van der Waals surface area contributed by atoms with E-state index < -0.39 is 6.03 Å². The lowest BCUT2D eigenvalue weighted by Gasteiger charge is -2.14. The minimum atomic E-state index is -0.397. The highest BCUT2D eigenvalue weighted by Crippen LogP contribution is 2.25. The molecule has 2 N–H and O–H groups in total. The highest BCUT2D eigenvalue weighted by molar-refractivity contribution is 9.10. The molecule has 1 heterocycles. The van der Waals surface area contributed by atoms with Gasteiger partial charge in [0.25, 0.3) is 11.8 Å². The van der Waals surface area contributed by atoms with Crippen molar-refractivity contribution in [3.63, 3.8) is 0 Å². The Morgan fingerprint density at radius 1 is 1.07 bits per heavy atom. The van der Waals surface area contributed by atoms with Crippen LogP contribution < -0.4 is 10.6 Å². The van der Waals surface area contributed by atoms with Crippen molar-refractivity contribution >= 4 is 39.5 Å². The summed E-state index contributed by atoms with van der Waals surface area (Å²) in [7, 11) is 0. The van der Waals surface area contributed by atoms with Crippen LogP contribution in [0.25, 0.3) is 0 Å². The first-order valence-corrected chi connectivity index (χ1v) is 8.99. The lowest BCUT2D eigenvalue weighted by molar-refractivity contribution is 0.0653. The van der Waals surface area contributed by atoms with Crippen LogP contribution in [-0.2, 0) is 0 Å². The van der Waals surface area contributed by atoms with Crippen LogP contribution in [0.2, 0.25) is 0 Å². The van der Waals surface area contributed by atoms with Crippen molar-refractivity contribution in [3.8, 4) is 6.07 Å². The average Bonchev–Trinajstić information content (AvgIpc) is 2.89. The number of imide groups is 1. The van der Waals surface area contributed by atoms with Crippen molar-refractivity contribution in [3.05, 3.63) is 63.6 Å². The SMILES string of the molecule is N#Cc1ccc(NC(=O)NCCCN2C(=O)c3ccc(Br)cc3C2=O)cc1. The van der Waals surface area contributed by atoms with Crippen molar-refractivity contribution in [2.24, 2.45) is 0 Å². The fraction of sp³-hybridized carbons (Fsp3) is 0.158. The van der Waals surface area contributed by atoms with Crippen LogP contribution >= 0.6 is 15.9 Å². The Bertz CT molecular complexity index is 950. The van der Waals surface area contributed by atoms with Gasteiger partial charge in [0.2, 0.25) is 0 Å². The molecular formula is C19H15BrN4O3. The Labute approximate surface area is 164 Å². The third-order valence-electron chi connectivity index (χ3n) is 4.05. The molecule has 0 aromatic heterocycles. The quantitative estimate of drug-likeness (QED) is 0.566. The Hall–Kier alpha value is -3.18. The van der Waals surface area contributed by atoms with Gasteiger partial charge in [-0.2, -0.15) is 5.26 Å². The molecule has 0 spiro atoms. The van der Waals surface area contributed by atoms with Gasteiger partial charge in [0.1, 0.15) is 0 Å². The monoisotopic (exact) mass is 426 g/mol. The Morgan fingerprint density at radius 2 is 1.78 bits per heavy atom. The van der Waals surface area contributed by atoms with E-state index in [0.29, 0.717) is 35.3 Å². The first-order valence-electron chi connectivity index (χ1n) is 8.20. The lowest BCUT2D eigenvalue weighted by atomic mass is 10.1. The number of carbonyl (C=O) groups is 3. The molecule has 0 radical (unpaired) electrons. The number of fused-ring (bicyclic) bond motifs is 1. The molecule has 2 aromatic carbocycles. The number of rotatable bonds is 5. The molecule has 0 atom stereocenters. The first-order chi connectivity index (χ1) is 13.0. The number of benzene rings is 2. The first kappa shape index (κ1) is 18.6. The number of nitrogens with one attached hydrogen (secondary N) is 2. The summed E-state index contributed by atoms with van der Waals surface area (Å²) in [6, 6.07) is 13.1. The van der Waals surface area contributed by atoms with Crippen molar-refractivity contribution in [2.75, 3.05) is 18.4 Å². The van der Waals surface area contributed by atoms with Gasteiger partial charge in [-0.05, 0) is 48.9 Å². The van der Waals surface area contributed by atoms with Crippen LogP contribution in [0.3, 0.4) is 0 Å². The summed E-state index contributed by atoms with van der Waals surface area (Å²) in [6.07, 6.45) is 0.438. The number of anilines is 1. The van der Waals surface area contributed by atoms with Crippen LogP contribution in [0.4, 0.5) is 10.5 Å². The molecule has 27 heavy (non-hydrogen) atoms. The predicted octanol–water partition coefficient (Wildman–Crippen LogP) is 3.13. The number of urea groups is 1. The number of nitrogens with zero attached hydrogens (tertiary/aromatic N) is 2. The zero-order valence-electron chi connectivity index (χ0n) is 14.2. The smallest absolute Gasteiger partial charge is 0.319 e. The van der Waals surface area contributed by atoms with Gasteiger partial charge in [0.05, 0.1) is 22.8 Å². The summed E-state index contributed by atoms with van der Waals surface area (Å²) in [5, 5.41) is 14.1. The van der Waals surface area contributed by atoms with Gasteiger partial charge in [-0.1, -0.05) is 15.9 Å². The molecule has 7 nitrogen and oxygen atoms in total. The van der Waals surface area contributed by atoms with E-state index in [1.54, 1.807) is 42.5 Å². The van der Waals surface area contributed by atoms with E-state index in [9.17, 15) is 14.4 Å². The Morgan fingerprint density at radius 3 is 2.48 bits per heavy atom. The van der Waals surface area contributed by atoms with Crippen LogP contribution in [0.1, 0.15) is 32.7 Å². The molecule has 136 valence electrons. The molecule has 2 aromatic rings. The van der Waals surface area contributed by atoms with E-state index in [1.165, 1.54) is 4.90 Å². The molecule has 8 heteroatoms. The summed E-state index contributed by atoms with van der Waals surface area (Å²) in [6.45, 7) is 0.528. The van der Waals surface area contributed by atoms with Gasteiger partial charge in [0.15, 0.2) is 0 Å². The molecule has 4 amide bonds. The highest BCUT2D eigenvalue weighted by Gasteiger charge is 2.34. The summed E-state index contributed by atoms with van der Waals surface area (Å²) >= 11 is 3.29. The number of halogens is 1. The molecule has 0 saturated carbocycles. The molecule has 0 fully saturated rings. The normalized spacial score (nSPS) is 12.5. The zero-order chi connectivity index (χ0) is 19.4. The number of hydrogen-bond acceptors (Lipinski definition) is 4. The minimum absolute atomic E-state index is 0.223. The molecule has 1 aliphatic heterocycles. The molecule has 0 saturated heterocycles. The lowest BCUT2D eigenvalue weighted by Crippen LogP contribution is -2.35. The Kier molecular flexibility index (Phi) is 5.52. The van der Waals surface area contributed by atoms with Gasteiger partial charge >= 0.3 is 6.03 Å². The number of hydrogen-bond donors (Lipinski definition) is 2. The summed E-state index contributed by atoms with van der Waals surface area (Å²) in [5.74, 6) is -0.636. The number of nitriles is 1. The number of amides is 4. The van der Waals surface area contributed by atoms with Crippen LogP contribution in [0.15, 0.2) is 46.9 Å². The summed E-state index contributed by atoms with van der Waals surface area (Å²) < 4.78 is 0.741. The molecule has 1 aliphatic rings. The third-order valence-corrected chi connectivity index (χ3v) is 4.54. The fourth-order valence-electron chi connectivity index (χ4n) is 2.71. The number of carbonyl (C=O) groups excluding carboxylic acids is 3. The summed E-state index contributed by atoms with van der Waals surface area (Å²) in [4.78, 5) is 37.7. The van der Waals surface area contributed by atoms with Crippen LogP contribution in [-0.4, -0.2) is 35.8 Å². The van der Waals surface area contributed by atoms with Gasteiger partial charge < -0.3 is 10.6 Å². The zero-order valence-corrected chi connectivity index (χ0v) is 15.7. The molecule has 0 unspecified atom stereocenters. The maximum Gasteiger partial charge on any atom is 0.319 e. The van der Waals surface area contributed by atoms with E-state index >= 15 is 0 Å². The van der Waals surface area contributed by atoms with Gasteiger partial charge in [-0.15, -0.1) is 0 Å². The second-order valence-corrected chi connectivity index (χ2v) is 6.79. The second-order valence-electron chi connectivity index (χ2n) is 5.88. The topological polar surface area (TPSA) is 102 Å². The van der Waals surface area contributed by atoms with Crippen molar-refractivity contribution in [1.29, 1.82) is 5.26 Å². The van der Waals surface area contributed by atoms with Crippen LogP contribution in [0.5, 0.6) is 0 Å². The van der Waals surface area contributed by atoms with E-state index in [1.807, 2.05) is 6.07 Å². The standard InChI is InChI=1S/C19H15BrN4O3/c20-13-4-7-15-16(10-13)18(26)24(17(15)25)9-1-8-22-19(27)23-14-5-2-12(11-21)3-6-14/h2-7,10H,1,8-9H2,(H2,22,23,27). The van der Waals surface area contributed by atoms with Crippen molar-refractivity contribution < 1.29 is 14.4 Å². The maximum absolute atomic E-state index is 12.3. The molecule has 3 rings (SSSR count). The predicted molar refractivity (Wildman–Crippen MR) is 102 cm³/mol. The van der Waals surface area contributed by atoms with E-state index in [-0.39, 0.29) is 18.4 Å². The van der Waals surface area contributed by atoms with E-state index in [0.717, 1.165) is 4.47 Å². The third kappa shape index (κ3) is 4.15.